The fourth-order valence-electron chi connectivity index (χ4n) is 6.39. The van der Waals surface area contributed by atoms with Crippen molar-refractivity contribution in [1.82, 2.24) is 34.1 Å². The maximum Gasteiger partial charge on any atom is 0.356 e. The zero-order valence-electron chi connectivity index (χ0n) is 31.7. The molecule has 11 nitrogen and oxygen atoms in total. The number of carboxylic acid groups (broad SMARTS) is 1. The van der Waals surface area contributed by atoms with Gasteiger partial charge < -0.3 is 27.7 Å². The van der Waals surface area contributed by atoms with Gasteiger partial charge in [-0.05, 0) is 85.3 Å². The lowest BCUT2D eigenvalue weighted by molar-refractivity contribution is -0.673. The molecule has 0 aliphatic carbocycles. The highest BCUT2D eigenvalue weighted by atomic mass is 35.5. The molecule has 0 radical (unpaired) electrons. The topological polar surface area (TPSA) is 135 Å². The number of quaternary nitrogens is 1. The molecule has 1 saturated heterocycles. The highest BCUT2D eigenvalue weighted by molar-refractivity contribution is 5.93. The predicted octanol–water partition coefficient (Wildman–Crippen LogP) is 3.17. The number of carbonyl (C=O) groups is 2. The third-order valence-electron chi connectivity index (χ3n) is 9.36. The van der Waals surface area contributed by atoms with Gasteiger partial charge in [0.05, 0.1) is 49.0 Å². The summed E-state index contributed by atoms with van der Waals surface area (Å²) in [7, 11) is 0. The van der Waals surface area contributed by atoms with Gasteiger partial charge in [-0.1, -0.05) is 41.5 Å². The minimum absolute atomic E-state index is 0. The Bertz CT molecular complexity index is 2320. The zero-order valence-corrected chi connectivity index (χ0v) is 32.4. The van der Waals surface area contributed by atoms with E-state index in [9.17, 15) is 18.4 Å². The second-order valence-electron chi connectivity index (χ2n) is 16.0. The normalized spacial score (nSPS) is 14.4. The fourth-order valence-corrected chi connectivity index (χ4v) is 6.39. The van der Waals surface area contributed by atoms with E-state index in [0.717, 1.165) is 41.0 Å². The molecule has 54 heavy (non-hydrogen) atoms. The molecule has 2 aromatic carbocycles. The predicted molar refractivity (Wildman–Crippen MR) is 198 cm³/mol. The standard InChI is InChI=1S/C23H28FN5O.C17H16FN3O2.ClH/c1-22(2,3)17-12-18(15-6-8-16(24)9-7-15)27-29-13-19(26-20(17)29)21(30)28-11-10-25-14-23(28,4)5;1-17(2,3)12-8-13(10-4-6-11(18)7-5-10)20-21-9-14(16(22)23)19-15(12)21;/h6-9,12-13,25H,10-11,14H2,1-5H3;4-9H,1-3H3,(H,22,23);1H. The number of benzene rings is 2. The Morgan fingerprint density at radius 1 is 0.741 bits per heavy atom. The number of rotatable bonds is 4. The lowest BCUT2D eigenvalue weighted by Crippen LogP contribution is -3.00. The van der Waals surface area contributed by atoms with Crippen LogP contribution in [0.3, 0.4) is 0 Å². The van der Waals surface area contributed by atoms with Gasteiger partial charge in [0.25, 0.3) is 5.91 Å². The molecule has 14 heteroatoms. The molecule has 0 bridgehead atoms. The first kappa shape index (κ1) is 39.9. The van der Waals surface area contributed by atoms with E-state index in [1.54, 1.807) is 35.0 Å². The molecule has 6 aromatic rings. The van der Waals surface area contributed by atoms with Crippen molar-refractivity contribution in [3.8, 4) is 22.5 Å². The largest absolute Gasteiger partial charge is 1.00 e. The smallest absolute Gasteiger partial charge is 0.356 e. The van der Waals surface area contributed by atoms with Crippen LogP contribution in [0.1, 0.15) is 87.5 Å². The number of hydrogen-bond acceptors (Lipinski definition) is 6. The van der Waals surface area contributed by atoms with E-state index in [2.05, 4.69) is 55.1 Å². The van der Waals surface area contributed by atoms with Gasteiger partial charge in [-0.15, -0.1) is 0 Å². The molecule has 7 rings (SSSR count). The first-order valence-corrected chi connectivity index (χ1v) is 17.5. The van der Waals surface area contributed by atoms with Gasteiger partial charge in [-0.25, -0.2) is 32.6 Å². The molecule has 3 N–H and O–H groups in total. The van der Waals surface area contributed by atoms with Gasteiger partial charge >= 0.3 is 5.97 Å². The van der Waals surface area contributed by atoms with E-state index in [1.807, 2.05) is 37.8 Å². The number of nitrogens with zero attached hydrogens (tertiary/aromatic N) is 7. The fraction of sp³-hybridized carbons (Fsp3) is 0.350. The molecule has 1 fully saturated rings. The summed E-state index contributed by atoms with van der Waals surface area (Å²) in [5, 5.41) is 20.5. The van der Waals surface area contributed by atoms with Crippen molar-refractivity contribution in [2.75, 3.05) is 19.6 Å². The molecule has 0 unspecified atom stereocenters. The van der Waals surface area contributed by atoms with Crippen molar-refractivity contribution in [3.05, 3.63) is 107 Å². The van der Waals surface area contributed by atoms with Crippen molar-refractivity contribution in [2.45, 2.75) is 71.8 Å². The van der Waals surface area contributed by atoms with Crippen LogP contribution in [0.25, 0.3) is 33.8 Å². The van der Waals surface area contributed by atoms with E-state index < -0.39 is 5.97 Å². The number of halogens is 3. The lowest BCUT2D eigenvalue weighted by Gasteiger charge is -2.40. The van der Waals surface area contributed by atoms with Gasteiger partial charge in [0.1, 0.15) is 17.3 Å². The summed E-state index contributed by atoms with van der Waals surface area (Å²) in [4.78, 5) is 35.3. The number of carbonyl (C=O) groups excluding carboxylic acids is 1. The number of piperazine rings is 1. The Kier molecular flexibility index (Phi) is 11.0. The van der Waals surface area contributed by atoms with Crippen LogP contribution in [0, 0.1) is 11.6 Å². The first-order valence-electron chi connectivity index (χ1n) is 17.5. The van der Waals surface area contributed by atoms with Crippen LogP contribution in [-0.4, -0.2) is 76.3 Å². The summed E-state index contributed by atoms with van der Waals surface area (Å²) >= 11 is 0. The van der Waals surface area contributed by atoms with Crippen LogP contribution in [0.15, 0.2) is 73.1 Å². The minimum Gasteiger partial charge on any atom is -1.00 e. The number of fused-ring (bicyclic) bond motifs is 2. The van der Waals surface area contributed by atoms with Gasteiger partial charge in [0.2, 0.25) is 0 Å². The van der Waals surface area contributed by atoms with Gasteiger partial charge in [0, 0.05) is 22.3 Å². The van der Waals surface area contributed by atoms with Crippen molar-refractivity contribution in [2.24, 2.45) is 0 Å². The molecule has 5 heterocycles. The summed E-state index contributed by atoms with van der Waals surface area (Å²) < 4.78 is 29.7. The molecule has 1 aliphatic heterocycles. The summed E-state index contributed by atoms with van der Waals surface area (Å²) in [6, 6.07) is 16.2. The van der Waals surface area contributed by atoms with E-state index >= 15 is 0 Å². The number of aromatic carboxylic acids is 1. The molecule has 1 aliphatic rings. The highest BCUT2D eigenvalue weighted by Gasteiger charge is 2.37. The third kappa shape index (κ3) is 8.27. The molecule has 0 spiro atoms. The summed E-state index contributed by atoms with van der Waals surface area (Å²) in [6.45, 7) is 19.0. The van der Waals surface area contributed by atoms with Gasteiger partial charge in [-0.2, -0.15) is 10.2 Å². The first-order chi connectivity index (χ1) is 24.8. The minimum atomic E-state index is -1.10. The Morgan fingerprint density at radius 3 is 1.57 bits per heavy atom. The second kappa shape index (κ2) is 14.9. The number of carboxylic acids is 1. The molecule has 0 saturated carbocycles. The maximum absolute atomic E-state index is 13.4. The maximum atomic E-state index is 13.4. The van der Waals surface area contributed by atoms with Gasteiger partial charge in [0.15, 0.2) is 17.0 Å². The average molecular weight is 759 g/mol. The van der Waals surface area contributed by atoms with Crippen molar-refractivity contribution >= 4 is 23.2 Å². The van der Waals surface area contributed by atoms with E-state index in [0.29, 0.717) is 29.2 Å². The Labute approximate surface area is 318 Å². The SMILES string of the molecule is CC(C)(C)c1cc(-c2ccc(F)cc2)nn2cc(C(=O)N3CC[NH2+]CC3(C)C)nc12.CC(C)(C)c1cc(-c2ccc(F)cc2)nn2cc(C(=O)O)nc12.[Cl-]. The average Bonchev–Trinajstić information content (AvgIpc) is 3.72. The van der Waals surface area contributed by atoms with Crippen molar-refractivity contribution in [3.63, 3.8) is 0 Å². The number of nitrogens with two attached hydrogens (primary N) is 1. The van der Waals surface area contributed by atoms with Crippen LogP contribution >= 0.6 is 0 Å². The molecule has 4 aromatic heterocycles. The Balaban J connectivity index is 0.000000211. The van der Waals surface area contributed by atoms with Crippen molar-refractivity contribution < 1.29 is 41.2 Å². The molecule has 1 amide bonds. The number of aromatic nitrogens is 6. The number of amides is 1. The highest BCUT2D eigenvalue weighted by Crippen LogP contribution is 2.32. The van der Waals surface area contributed by atoms with E-state index in [1.165, 1.54) is 35.0 Å². The van der Waals surface area contributed by atoms with E-state index in [-0.39, 0.29) is 52.0 Å². The van der Waals surface area contributed by atoms with E-state index in [4.69, 9.17) is 10.1 Å². The zero-order chi connectivity index (χ0) is 38.5. The van der Waals surface area contributed by atoms with Crippen molar-refractivity contribution in [1.29, 1.82) is 0 Å². The lowest BCUT2D eigenvalue weighted by atomic mass is 9.87. The summed E-state index contributed by atoms with van der Waals surface area (Å²) in [5.74, 6) is -1.77. The number of imidazole rings is 2. The molecular weight excluding hydrogens is 714 g/mol. The second-order valence-corrected chi connectivity index (χ2v) is 16.0. The van der Waals surface area contributed by atoms with Gasteiger partial charge in [-0.3, -0.25) is 4.79 Å². The van der Waals surface area contributed by atoms with Crippen LogP contribution < -0.4 is 17.7 Å². The quantitative estimate of drug-likeness (QED) is 0.282. The monoisotopic (exact) mass is 758 g/mol. The number of hydrogen-bond donors (Lipinski definition) is 2. The molecule has 284 valence electrons. The summed E-state index contributed by atoms with van der Waals surface area (Å²) in [6.07, 6.45) is 3.11. The Hall–Kier alpha value is -5.27. The van der Waals surface area contributed by atoms with Crippen LogP contribution in [0.4, 0.5) is 8.78 Å². The third-order valence-corrected chi connectivity index (χ3v) is 9.36. The summed E-state index contributed by atoms with van der Waals surface area (Å²) in [5.41, 5.74) is 5.64. The van der Waals surface area contributed by atoms with Crippen LogP contribution in [0.2, 0.25) is 0 Å². The molecule has 0 atom stereocenters. The molecular formula is C40H45ClF2N8O3. The Morgan fingerprint density at radius 2 is 1.17 bits per heavy atom. The van der Waals surface area contributed by atoms with Crippen LogP contribution in [0.5, 0.6) is 0 Å². The van der Waals surface area contributed by atoms with Crippen LogP contribution in [-0.2, 0) is 10.8 Å².